The fourth-order valence-corrected chi connectivity index (χ4v) is 3.88. The van der Waals surface area contributed by atoms with E-state index in [0.29, 0.717) is 21.7 Å². The summed E-state index contributed by atoms with van der Waals surface area (Å²) in [4.78, 5) is 0. The van der Waals surface area contributed by atoms with Gasteiger partial charge in [0.05, 0.1) is 5.60 Å². The molecule has 88 valence electrons. The summed E-state index contributed by atoms with van der Waals surface area (Å²) in [5.74, 6) is 0.760. The van der Waals surface area contributed by atoms with Gasteiger partial charge in [-0.2, -0.15) is 11.8 Å². The van der Waals surface area contributed by atoms with E-state index in [9.17, 15) is 5.11 Å². The highest BCUT2D eigenvalue weighted by Crippen LogP contribution is 2.39. The lowest BCUT2D eigenvalue weighted by molar-refractivity contribution is 0.0643. The summed E-state index contributed by atoms with van der Waals surface area (Å²) in [5, 5.41) is 12.2. The highest BCUT2D eigenvalue weighted by atomic mass is 35.5. The molecule has 0 amide bonds. The molecule has 1 aliphatic heterocycles. The molecule has 0 aromatic heterocycles. The maximum Gasteiger partial charge on any atom is 0.0789 e. The third-order valence-corrected chi connectivity index (χ3v) is 5.02. The van der Waals surface area contributed by atoms with Crippen LogP contribution in [0.2, 0.25) is 10.0 Å². The molecule has 16 heavy (non-hydrogen) atoms. The second-order valence-corrected chi connectivity index (χ2v) is 6.67. The fraction of sp³-hybridized carbons (Fsp3) is 0.500. The van der Waals surface area contributed by atoms with E-state index in [4.69, 9.17) is 23.2 Å². The molecule has 0 spiro atoms. The molecule has 0 radical (unpaired) electrons. The molecule has 1 nitrogen and oxygen atoms in total. The van der Waals surface area contributed by atoms with Crippen LogP contribution in [-0.4, -0.2) is 21.7 Å². The molecule has 2 unspecified atom stereocenters. The summed E-state index contributed by atoms with van der Waals surface area (Å²) in [6.45, 7) is 2.14. The Balaban J connectivity index is 2.21. The zero-order chi connectivity index (χ0) is 11.8. The Hall–Kier alpha value is 0.110. The molecule has 1 aliphatic rings. The molecule has 0 aliphatic carbocycles. The lowest BCUT2D eigenvalue weighted by Gasteiger charge is -2.22. The van der Waals surface area contributed by atoms with Gasteiger partial charge in [0.2, 0.25) is 0 Å². The zero-order valence-corrected chi connectivity index (χ0v) is 11.4. The quantitative estimate of drug-likeness (QED) is 0.887. The number of rotatable bonds is 2. The van der Waals surface area contributed by atoms with Crippen molar-refractivity contribution in [3.05, 3.63) is 33.8 Å². The van der Waals surface area contributed by atoms with Crippen molar-refractivity contribution in [2.45, 2.75) is 30.6 Å². The summed E-state index contributed by atoms with van der Waals surface area (Å²) in [7, 11) is 0. The molecule has 4 heteroatoms. The minimum atomic E-state index is -0.654. The van der Waals surface area contributed by atoms with Crippen LogP contribution in [0.5, 0.6) is 0 Å². The average Bonchev–Trinajstić information content (AvgIpc) is 2.53. The van der Waals surface area contributed by atoms with Crippen LogP contribution < -0.4 is 0 Å². The van der Waals surface area contributed by atoms with Crippen molar-refractivity contribution in [1.82, 2.24) is 0 Å². The van der Waals surface area contributed by atoms with E-state index < -0.39 is 5.60 Å². The van der Waals surface area contributed by atoms with Gasteiger partial charge in [0.25, 0.3) is 0 Å². The molecule has 1 aromatic rings. The summed E-state index contributed by atoms with van der Waals surface area (Å²) in [6, 6.07) is 5.46. The highest BCUT2D eigenvalue weighted by molar-refractivity contribution is 8.00. The Morgan fingerprint density at radius 1 is 1.44 bits per heavy atom. The minimum absolute atomic E-state index is 0.506. The standard InChI is InChI=1S/C12H14Cl2OS/c1-8-5-12(15,7-16-8)6-9-10(13)3-2-4-11(9)14/h2-4,8,15H,5-7H2,1H3. The zero-order valence-electron chi connectivity index (χ0n) is 9.04. The average molecular weight is 277 g/mol. The van der Waals surface area contributed by atoms with E-state index >= 15 is 0 Å². The maximum absolute atomic E-state index is 10.4. The van der Waals surface area contributed by atoms with Crippen molar-refractivity contribution in [3.8, 4) is 0 Å². The number of benzene rings is 1. The van der Waals surface area contributed by atoms with Crippen molar-refractivity contribution in [2.75, 3.05) is 5.75 Å². The monoisotopic (exact) mass is 276 g/mol. The van der Waals surface area contributed by atoms with Crippen LogP contribution in [0.15, 0.2) is 18.2 Å². The third-order valence-electron chi connectivity index (χ3n) is 2.87. The molecule has 1 aromatic carbocycles. The number of hydrogen-bond acceptors (Lipinski definition) is 2. The van der Waals surface area contributed by atoms with Crippen LogP contribution in [0.4, 0.5) is 0 Å². The maximum atomic E-state index is 10.4. The van der Waals surface area contributed by atoms with E-state index in [1.807, 2.05) is 18.2 Å². The van der Waals surface area contributed by atoms with Crippen LogP contribution in [0.25, 0.3) is 0 Å². The molecule has 1 saturated heterocycles. The number of aliphatic hydroxyl groups is 1. The Morgan fingerprint density at radius 2 is 2.06 bits per heavy atom. The van der Waals surface area contributed by atoms with Gasteiger partial charge >= 0.3 is 0 Å². The van der Waals surface area contributed by atoms with Crippen molar-refractivity contribution in [2.24, 2.45) is 0 Å². The molecule has 1 fully saturated rings. The van der Waals surface area contributed by atoms with Crippen molar-refractivity contribution in [3.63, 3.8) is 0 Å². The van der Waals surface area contributed by atoms with Crippen molar-refractivity contribution >= 4 is 35.0 Å². The van der Waals surface area contributed by atoms with Gasteiger partial charge in [-0.1, -0.05) is 36.2 Å². The van der Waals surface area contributed by atoms with Crippen LogP contribution in [-0.2, 0) is 6.42 Å². The van der Waals surface area contributed by atoms with Gasteiger partial charge in [-0.15, -0.1) is 0 Å². The van der Waals surface area contributed by atoms with Gasteiger partial charge in [-0.25, -0.2) is 0 Å². The second-order valence-electron chi connectivity index (χ2n) is 4.43. The Morgan fingerprint density at radius 3 is 2.56 bits per heavy atom. The van der Waals surface area contributed by atoms with Crippen LogP contribution in [0.1, 0.15) is 18.9 Å². The van der Waals surface area contributed by atoms with E-state index in [-0.39, 0.29) is 0 Å². The van der Waals surface area contributed by atoms with Gasteiger partial charge in [0, 0.05) is 27.5 Å². The van der Waals surface area contributed by atoms with Gasteiger partial charge in [0.1, 0.15) is 0 Å². The van der Waals surface area contributed by atoms with Crippen LogP contribution in [0, 0.1) is 0 Å². The summed E-state index contributed by atoms with van der Waals surface area (Å²) < 4.78 is 0. The molecule has 0 bridgehead atoms. The van der Waals surface area contributed by atoms with E-state index in [1.54, 1.807) is 11.8 Å². The lowest BCUT2D eigenvalue weighted by atomic mass is 9.92. The molecule has 0 saturated carbocycles. The summed E-state index contributed by atoms with van der Waals surface area (Å²) in [5.41, 5.74) is 0.210. The minimum Gasteiger partial charge on any atom is -0.389 e. The molecule has 2 atom stereocenters. The normalized spacial score (nSPS) is 29.6. The Kier molecular flexibility index (Phi) is 3.75. The molecular weight excluding hydrogens is 263 g/mol. The molecule has 1 heterocycles. The number of halogens is 2. The van der Waals surface area contributed by atoms with E-state index in [0.717, 1.165) is 17.7 Å². The Bertz CT molecular complexity index is 376. The van der Waals surface area contributed by atoms with Gasteiger partial charge in [-0.05, 0) is 24.1 Å². The van der Waals surface area contributed by atoms with Gasteiger partial charge < -0.3 is 5.11 Å². The van der Waals surface area contributed by atoms with Crippen LogP contribution in [0.3, 0.4) is 0 Å². The highest BCUT2D eigenvalue weighted by Gasteiger charge is 2.36. The first kappa shape index (κ1) is 12.6. The van der Waals surface area contributed by atoms with E-state index in [2.05, 4.69) is 6.92 Å². The first-order valence-electron chi connectivity index (χ1n) is 5.27. The summed E-state index contributed by atoms with van der Waals surface area (Å²) in [6.07, 6.45) is 1.35. The smallest absolute Gasteiger partial charge is 0.0789 e. The topological polar surface area (TPSA) is 20.2 Å². The first-order chi connectivity index (χ1) is 7.50. The molecular formula is C12H14Cl2OS. The fourth-order valence-electron chi connectivity index (χ4n) is 2.10. The molecule has 1 N–H and O–H groups in total. The first-order valence-corrected chi connectivity index (χ1v) is 7.07. The van der Waals surface area contributed by atoms with Gasteiger partial charge in [-0.3, -0.25) is 0 Å². The van der Waals surface area contributed by atoms with E-state index in [1.165, 1.54) is 0 Å². The van der Waals surface area contributed by atoms with Crippen LogP contribution >= 0.6 is 35.0 Å². The summed E-state index contributed by atoms with van der Waals surface area (Å²) >= 11 is 14.0. The van der Waals surface area contributed by atoms with Crippen molar-refractivity contribution in [1.29, 1.82) is 0 Å². The second kappa shape index (κ2) is 4.77. The predicted octanol–water partition coefficient (Wildman–Crippen LogP) is 3.79. The predicted molar refractivity (Wildman–Crippen MR) is 71.7 cm³/mol. The van der Waals surface area contributed by atoms with Gasteiger partial charge in [0.15, 0.2) is 0 Å². The number of thioether (sulfide) groups is 1. The number of hydrogen-bond donors (Lipinski definition) is 1. The largest absolute Gasteiger partial charge is 0.389 e. The SMILES string of the molecule is CC1CC(O)(Cc2c(Cl)cccc2Cl)CS1. The third kappa shape index (κ3) is 2.67. The Labute approximate surface area is 110 Å². The molecule has 2 rings (SSSR count). The van der Waals surface area contributed by atoms with Crippen molar-refractivity contribution < 1.29 is 5.11 Å². The lowest BCUT2D eigenvalue weighted by Crippen LogP contribution is -2.31.